The highest BCUT2D eigenvalue weighted by Gasteiger charge is 2.02. The highest BCUT2D eigenvalue weighted by atomic mass is 127. The molecule has 0 spiro atoms. The number of hydrogen-bond donors (Lipinski definition) is 3. The van der Waals surface area contributed by atoms with Crippen LogP contribution in [0.25, 0.3) is 0 Å². The predicted octanol–water partition coefficient (Wildman–Crippen LogP) is 1.90. The first-order valence-electron chi connectivity index (χ1n) is 8.16. The van der Waals surface area contributed by atoms with Gasteiger partial charge >= 0.3 is 0 Å². The number of carbonyl (C=O) groups is 1. The second-order valence-electron chi connectivity index (χ2n) is 4.93. The summed E-state index contributed by atoms with van der Waals surface area (Å²) < 4.78 is 5.28. The summed E-state index contributed by atoms with van der Waals surface area (Å²) in [5, 5.41) is 9.17. The number of aliphatic imine (C=N–C) groups is 1. The Morgan fingerprint density at radius 3 is 2.54 bits per heavy atom. The molecule has 0 aromatic heterocycles. The summed E-state index contributed by atoms with van der Waals surface area (Å²) >= 11 is 0. The first-order chi connectivity index (χ1) is 11.3. The van der Waals surface area contributed by atoms with Crippen LogP contribution in [-0.4, -0.2) is 44.7 Å². The van der Waals surface area contributed by atoms with E-state index in [0.717, 1.165) is 38.3 Å². The molecular weight excluding hydrogens is 419 g/mol. The van der Waals surface area contributed by atoms with Gasteiger partial charge in [-0.2, -0.15) is 0 Å². The van der Waals surface area contributed by atoms with Gasteiger partial charge in [0.1, 0.15) is 6.54 Å². The average Bonchev–Trinajstić information content (AvgIpc) is 2.58. The molecule has 0 fully saturated rings. The molecule has 0 atom stereocenters. The molecule has 1 aromatic carbocycles. The number of halogens is 1. The highest BCUT2D eigenvalue weighted by Crippen LogP contribution is 1.96. The number of nitrogens with zero attached hydrogens (tertiary/aromatic N) is 1. The fourth-order valence-corrected chi connectivity index (χ4v) is 1.87. The summed E-state index contributed by atoms with van der Waals surface area (Å²) in [5.74, 6) is 0.555. The molecule has 0 saturated heterocycles. The van der Waals surface area contributed by atoms with E-state index in [0.29, 0.717) is 12.5 Å². The molecule has 0 aliphatic heterocycles. The van der Waals surface area contributed by atoms with Crippen LogP contribution >= 0.6 is 24.0 Å². The molecule has 136 valence electrons. The molecule has 1 aromatic rings. The van der Waals surface area contributed by atoms with Gasteiger partial charge in [0.2, 0.25) is 5.91 Å². The van der Waals surface area contributed by atoms with Gasteiger partial charge in [-0.3, -0.25) is 4.79 Å². The van der Waals surface area contributed by atoms with E-state index in [1.165, 1.54) is 0 Å². The molecule has 0 radical (unpaired) electrons. The maximum atomic E-state index is 11.8. The Balaban J connectivity index is 0.00000529. The van der Waals surface area contributed by atoms with Crippen molar-refractivity contribution in [2.75, 3.05) is 32.8 Å². The summed E-state index contributed by atoms with van der Waals surface area (Å²) in [6, 6.07) is 9.82. The number of rotatable bonds is 10. The van der Waals surface area contributed by atoms with Crippen LogP contribution < -0.4 is 16.0 Å². The number of nitrogens with one attached hydrogen (secondary N) is 3. The minimum Gasteiger partial charge on any atom is -0.382 e. The molecule has 0 aliphatic carbocycles. The number of carbonyl (C=O) groups excluding carboxylic acids is 1. The minimum atomic E-state index is -0.0969. The van der Waals surface area contributed by atoms with E-state index < -0.39 is 0 Å². The topological polar surface area (TPSA) is 74.8 Å². The van der Waals surface area contributed by atoms with Gasteiger partial charge in [-0.05, 0) is 25.8 Å². The van der Waals surface area contributed by atoms with Crippen molar-refractivity contribution in [1.29, 1.82) is 0 Å². The predicted molar refractivity (Wildman–Crippen MR) is 109 cm³/mol. The molecule has 1 rings (SSSR count). The van der Waals surface area contributed by atoms with Crippen molar-refractivity contribution in [1.82, 2.24) is 16.0 Å². The second-order valence-corrected chi connectivity index (χ2v) is 4.93. The molecule has 3 N–H and O–H groups in total. The van der Waals surface area contributed by atoms with Gasteiger partial charge in [-0.25, -0.2) is 4.99 Å². The minimum absolute atomic E-state index is 0. The van der Waals surface area contributed by atoms with Crippen LogP contribution in [0.2, 0.25) is 0 Å². The van der Waals surface area contributed by atoms with Crippen LogP contribution in [-0.2, 0) is 16.1 Å². The molecule has 0 unspecified atom stereocenters. The van der Waals surface area contributed by atoms with E-state index in [-0.39, 0.29) is 36.4 Å². The fraction of sp³-hybridized carbons (Fsp3) is 0.529. The lowest BCUT2D eigenvalue weighted by Gasteiger charge is -2.11. The Bertz CT molecular complexity index is 469. The van der Waals surface area contributed by atoms with Crippen LogP contribution in [0.15, 0.2) is 35.3 Å². The lowest BCUT2D eigenvalue weighted by molar-refractivity contribution is -0.119. The Hall–Kier alpha value is -1.35. The average molecular weight is 448 g/mol. The Labute approximate surface area is 161 Å². The van der Waals surface area contributed by atoms with Crippen LogP contribution in [0.4, 0.5) is 0 Å². The van der Waals surface area contributed by atoms with Crippen LogP contribution in [0.5, 0.6) is 0 Å². The Kier molecular flexibility index (Phi) is 14.3. The first kappa shape index (κ1) is 22.6. The lowest BCUT2D eigenvalue weighted by Crippen LogP contribution is -2.39. The van der Waals surface area contributed by atoms with Gasteiger partial charge in [0.25, 0.3) is 0 Å². The van der Waals surface area contributed by atoms with Crippen LogP contribution in [0, 0.1) is 0 Å². The van der Waals surface area contributed by atoms with Crippen molar-refractivity contribution >= 4 is 35.8 Å². The third-order valence-corrected chi connectivity index (χ3v) is 3.02. The van der Waals surface area contributed by atoms with E-state index in [2.05, 4.69) is 20.9 Å². The smallest absolute Gasteiger partial charge is 0.242 e. The van der Waals surface area contributed by atoms with Gasteiger partial charge < -0.3 is 20.7 Å². The highest BCUT2D eigenvalue weighted by molar-refractivity contribution is 14.0. The fourth-order valence-electron chi connectivity index (χ4n) is 1.87. The van der Waals surface area contributed by atoms with Crippen molar-refractivity contribution in [3.05, 3.63) is 35.9 Å². The quantitative estimate of drug-likeness (QED) is 0.221. The molecular formula is C17H29IN4O2. The van der Waals surface area contributed by atoms with Gasteiger partial charge in [-0.1, -0.05) is 30.3 Å². The number of amides is 1. The zero-order chi connectivity index (χ0) is 16.8. The van der Waals surface area contributed by atoms with Gasteiger partial charge in [0.15, 0.2) is 5.96 Å². The van der Waals surface area contributed by atoms with Crippen molar-refractivity contribution in [3.63, 3.8) is 0 Å². The number of guanidine groups is 1. The van der Waals surface area contributed by atoms with Crippen molar-refractivity contribution < 1.29 is 9.53 Å². The summed E-state index contributed by atoms with van der Waals surface area (Å²) in [7, 11) is 0. The third kappa shape index (κ3) is 11.2. The molecule has 6 nitrogen and oxygen atoms in total. The molecule has 7 heteroatoms. The Morgan fingerprint density at radius 2 is 1.88 bits per heavy atom. The number of benzene rings is 1. The van der Waals surface area contributed by atoms with Crippen LogP contribution in [0.3, 0.4) is 0 Å². The lowest BCUT2D eigenvalue weighted by atomic mass is 10.2. The summed E-state index contributed by atoms with van der Waals surface area (Å²) in [4.78, 5) is 16.1. The standard InChI is InChI=1S/C17H28N4O2.HI/c1-3-18-17(19-11-8-12-23-4-2)21-14-16(22)20-13-15-9-6-5-7-10-15;/h5-7,9-10H,3-4,8,11-14H2,1-2H3,(H,20,22)(H2,18,19,21);1H. The molecule has 24 heavy (non-hydrogen) atoms. The number of hydrogen-bond acceptors (Lipinski definition) is 3. The van der Waals surface area contributed by atoms with Crippen molar-refractivity contribution in [2.45, 2.75) is 26.8 Å². The molecule has 1 amide bonds. The molecule has 0 saturated carbocycles. The van der Waals surface area contributed by atoms with E-state index >= 15 is 0 Å². The molecule has 0 heterocycles. The molecule has 0 bridgehead atoms. The number of ether oxygens (including phenoxy) is 1. The molecule has 0 aliphatic rings. The zero-order valence-electron chi connectivity index (χ0n) is 14.5. The van der Waals surface area contributed by atoms with Gasteiger partial charge in [-0.15, -0.1) is 24.0 Å². The zero-order valence-corrected chi connectivity index (χ0v) is 16.8. The van der Waals surface area contributed by atoms with E-state index in [9.17, 15) is 4.79 Å². The summed E-state index contributed by atoms with van der Waals surface area (Å²) in [6.07, 6.45) is 0.901. The van der Waals surface area contributed by atoms with Gasteiger partial charge in [0.05, 0.1) is 0 Å². The third-order valence-electron chi connectivity index (χ3n) is 3.02. The largest absolute Gasteiger partial charge is 0.382 e. The van der Waals surface area contributed by atoms with E-state index in [1.807, 2.05) is 44.2 Å². The van der Waals surface area contributed by atoms with E-state index in [4.69, 9.17) is 4.74 Å². The van der Waals surface area contributed by atoms with Gasteiger partial charge in [0, 0.05) is 32.8 Å². The maximum absolute atomic E-state index is 11.8. The van der Waals surface area contributed by atoms with Crippen LogP contribution in [0.1, 0.15) is 25.8 Å². The Morgan fingerprint density at radius 1 is 1.12 bits per heavy atom. The first-order valence-corrected chi connectivity index (χ1v) is 8.16. The second kappa shape index (κ2) is 15.2. The SMILES string of the molecule is CCNC(=NCC(=O)NCc1ccccc1)NCCCOCC.I. The normalized spacial score (nSPS) is 10.7. The summed E-state index contributed by atoms with van der Waals surface area (Å²) in [6.45, 7) is 7.57. The monoisotopic (exact) mass is 448 g/mol. The summed E-state index contributed by atoms with van der Waals surface area (Å²) in [5.41, 5.74) is 1.07. The maximum Gasteiger partial charge on any atom is 0.242 e. The van der Waals surface area contributed by atoms with E-state index in [1.54, 1.807) is 0 Å². The van der Waals surface area contributed by atoms with Crippen molar-refractivity contribution in [2.24, 2.45) is 4.99 Å². The van der Waals surface area contributed by atoms with Crippen molar-refractivity contribution in [3.8, 4) is 0 Å².